The number of rotatable bonds is 2. The second-order valence-electron chi connectivity index (χ2n) is 7.66. The van der Waals surface area contributed by atoms with Gasteiger partial charge < -0.3 is 4.74 Å². The molecule has 3 rings (SSSR count). The first-order valence-electron chi connectivity index (χ1n) is 8.80. The van der Waals surface area contributed by atoms with Gasteiger partial charge in [-0.3, -0.25) is 4.90 Å². The van der Waals surface area contributed by atoms with Gasteiger partial charge in [0.05, 0.1) is 0 Å². The summed E-state index contributed by atoms with van der Waals surface area (Å²) in [5, 5.41) is 2.42. The van der Waals surface area contributed by atoms with Crippen LogP contribution >= 0.6 is 0 Å². The molecule has 0 aromatic heterocycles. The van der Waals surface area contributed by atoms with E-state index < -0.39 is 5.60 Å². The molecule has 1 amide bonds. The zero-order chi connectivity index (χ0) is 18.9. The lowest BCUT2D eigenvalue weighted by atomic mass is 9.99. The van der Waals surface area contributed by atoms with Gasteiger partial charge >= 0.3 is 6.09 Å². The summed E-state index contributed by atoms with van der Waals surface area (Å²) >= 11 is 0. The molecule has 0 spiro atoms. The molecule has 0 saturated carbocycles. The van der Waals surface area contributed by atoms with Crippen molar-refractivity contribution in [3.05, 3.63) is 66.2 Å². The third-order valence-corrected chi connectivity index (χ3v) is 4.20. The van der Waals surface area contributed by atoms with Crippen molar-refractivity contribution >= 4 is 22.6 Å². The molecule has 0 aliphatic rings. The quantitative estimate of drug-likeness (QED) is 0.553. The lowest BCUT2D eigenvalue weighted by molar-refractivity contribution is 0.0589. The molecule has 0 aliphatic heterocycles. The monoisotopic (exact) mass is 347 g/mol. The number of ether oxygens (including phenoxy) is 1. The topological polar surface area (TPSA) is 29.5 Å². The molecule has 0 fully saturated rings. The molecule has 134 valence electrons. The van der Waals surface area contributed by atoms with Crippen LogP contribution in [0.2, 0.25) is 0 Å². The number of aryl methyl sites for hydroxylation is 1. The maximum Gasteiger partial charge on any atom is 0.414 e. The molecule has 0 bridgehead atoms. The Morgan fingerprint density at radius 1 is 0.885 bits per heavy atom. The molecule has 0 heterocycles. The van der Waals surface area contributed by atoms with Gasteiger partial charge in [-0.05, 0) is 73.4 Å². The van der Waals surface area contributed by atoms with Crippen molar-refractivity contribution in [1.82, 2.24) is 0 Å². The molecular weight excluding hydrogens is 322 g/mol. The molecule has 3 aromatic carbocycles. The Kier molecular flexibility index (Phi) is 4.73. The third-order valence-electron chi connectivity index (χ3n) is 4.20. The van der Waals surface area contributed by atoms with Gasteiger partial charge in [-0.25, -0.2) is 4.79 Å². The molecule has 3 heteroatoms. The van der Waals surface area contributed by atoms with Gasteiger partial charge in [-0.15, -0.1) is 0 Å². The highest BCUT2D eigenvalue weighted by Gasteiger charge is 2.21. The fourth-order valence-corrected chi connectivity index (χ4v) is 2.93. The van der Waals surface area contributed by atoms with Gasteiger partial charge in [0, 0.05) is 12.7 Å². The predicted octanol–water partition coefficient (Wildman–Crippen LogP) is 6.19. The largest absolute Gasteiger partial charge is 0.443 e. The number of fused-ring (bicyclic) bond motifs is 1. The van der Waals surface area contributed by atoms with E-state index >= 15 is 0 Å². The van der Waals surface area contributed by atoms with Crippen molar-refractivity contribution < 1.29 is 9.53 Å². The summed E-state index contributed by atoms with van der Waals surface area (Å²) in [4.78, 5) is 14.0. The number of hydrogen-bond donors (Lipinski definition) is 0. The first-order valence-corrected chi connectivity index (χ1v) is 8.80. The number of amides is 1. The van der Waals surface area contributed by atoms with Crippen LogP contribution in [-0.2, 0) is 4.74 Å². The van der Waals surface area contributed by atoms with Crippen LogP contribution in [-0.4, -0.2) is 18.7 Å². The number of anilines is 1. The second-order valence-corrected chi connectivity index (χ2v) is 7.66. The van der Waals surface area contributed by atoms with Gasteiger partial charge in [0.25, 0.3) is 0 Å². The van der Waals surface area contributed by atoms with Crippen LogP contribution in [0.4, 0.5) is 10.5 Å². The fourth-order valence-electron chi connectivity index (χ4n) is 2.93. The van der Waals surface area contributed by atoms with Crippen LogP contribution < -0.4 is 4.90 Å². The molecule has 0 atom stereocenters. The van der Waals surface area contributed by atoms with Crippen molar-refractivity contribution in [3.8, 4) is 11.1 Å². The minimum atomic E-state index is -0.518. The van der Waals surface area contributed by atoms with Crippen LogP contribution in [0.5, 0.6) is 0 Å². The highest BCUT2D eigenvalue weighted by molar-refractivity contribution is 5.90. The number of carbonyl (C=O) groups is 1. The molecule has 0 N–H and O–H groups in total. The summed E-state index contributed by atoms with van der Waals surface area (Å²) in [5.41, 5.74) is 3.62. The molecule has 0 unspecified atom stereocenters. The SMILES string of the molecule is Cc1cc(-c2ccc3ccccc3c2)cc(N(C)C(=O)OC(C)(C)C)c1. The van der Waals surface area contributed by atoms with Gasteiger partial charge in [-0.2, -0.15) is 0 Å². The Morgan fingerprint density at radius 2 is 1.58 bits per heavy atom. The average Bonchev–Trinajstić information content (AvgIpc) is 2.58. The van der Waals surface area contributed by atoms with E-state index in [1.165, 1.54) is 10.8 Å². The minimum absolute atomic E-state index is 0.354. The van der Waals surface area contributed by atoms with Crippen molar-refractivity contribution in [2.75, 3.05) is 11.9 Å². The molecular formula is C23H25NO2. The summed E-state index contributed by atoms with van der Waals surface area (Å²) in [5.74, 6) is 0. The number of carbonyl (C=O) groups excluding carboxylic acids is 1. The van der Waals surface area contributed by atoms with Crippen molar-refractivity contribution in [2.45, 2.75) is 33.3 Å². The zero-order valence-electron chi connectivity index (χ0n) is 16.0. The summed E-state index contributed by atoms with van der Waals surface area (Å²) in [6.45, 7) is 7.65. The molecule has 0 radical (unpaired) electrons. The average molecular weight is 347 g/mol. The van der Waals surface area contributed by atoms with E-state index in [2.05, 4.69) is 36.4 Å². The van der Waals surface area contributed by atoms with Crippen LogP contribution in [0.15, 0.2) is 60.7 Å². The highest BCUT2D eigenvalue weighted by atomic mass is 16.6. The summed E-state index contributed by atoms with van der Waals surface area (Å²) in [6, 6.07) is 20.9. The first kappa shape index (κ1) is 18.0. The van der Waals surface area contributed by atoms with E-state index in [4.69, 9.17) is 4.74 Å². The Bertz CT molecular complexity index is 954. The second kappa shape index (κ2) is 6.83. The fraction of sp³-hybridized carbons (Fsp3) is 0.261. The Balaban J connectivity index is 1.97. The van der Waals surface area contributed by atoms with Gasteiger partial charge in [0.15, 0.2) is 0 Å². The molecule has 26 heavy (non-hydrogen) atoms. The number of benzene rings is 3. The maximum atomic E-state index is 12.4. The van der Waals surface area contributed by atoms with Crippen LogP contribution in [0, 0.1) is 6.92 Å². The number of hydrogen-bond acceptors (Lipinski definition) is 2. The number of nitrogens with zero attached hydrogens (tertiary/aromatic N) is 1. The normalized spacial score (nSPS) is 11.4. The van der Waals surface area contributed by atoms with Gasteiger partial charge in [-0.1, -0.05) is 42.5 Å². The van der Waals surface area contributed by atoms with Crippen LogP contribution in [0.25, 0.3) is 21.9 Å². The van der Waals surface area contributed by atoms with E-state index in [-0.39, 0.29) is 6.09 Å². The molecule has 3 nitrogen and oxygen atoms in total. The third kappa shape index (κ3) is 4.05. The summed E-state index contributed by atoms with van der Waals surface area (Å²) in [7, 11) is 1.74. The van der Waals surface area contributed by atoms with E-state index in [9.17, 15) is 4.79 Å². The Morgan fingerprint density at radius 3 is 2.27 bits per heavy atom. The minimum Gasteiger partial charge on any atom is -0.443 e. The van der Waals surface area contributed by atoms with Crippen molar-refractivity contribution in [1.29, 1.82) is 0 Å². The smallest absolute Gasteiger partial charge is 0.414 e. The van der Waals surface area contributed by atoms with E-state index in [1.807, 2.05) is 52.0 Å². The lowest BCUT2D eigenvalue weighted by Crippen LogP contribution is -2.34. The van der Waals surface area contributed by atoms with Crippen molar-refractivity contribution in [3.63, 3.8) is 0 Å². The summed E-state index contributed by atoms with van der Waals surface area (Å²) < 4.78 is 5.48. The first-order chi connectivity index (χ1) is 12.2. The predicted molar refractivity (Wildman–Crippen MR) is 109 cm³/mol. The maximum absolute atomic E-state index is 12.4. The van der Waals surface area contributed by atoms with Crippen LogP contribution in [0.1, 0.15) is 26.3 Å². The molecule has 3 aromatic rings. The standard InChI is InChI=1S/C23H25NO2/c1-16-12-20(19-11-10-17-8-6-7-9-18(17)14-19)15-21(13-16)24(5)22(25)26-23(2,3)4/h6-15H,1-5H3. The lowest BCUT2D eigenvalue weighted by Gasteiger charge is -2.25. The van der Waals surface area contributed by atoms with E-state index in [0.717, 1.165) is 22.4 Å². The van der Waals surface area contributed by atoms with Crippen LogP contribution in [0.3, 0.4) is 0 Å². The highest BCUT2D eigenvalue weighted by Crippen LogP contribution is 2.29. The summed E-state index contributed by atoms with van der Waals surface area (Å²) in [6.07, 6.45) is -0.354. The van der Waals surface area contributed by atoms with E-state index in [0.29, 0.717) is 0 Å². The Labute approximate surface area is 155 Å². The van der Waals surface area contributed by atoms with Crippen molar-refractivity contribution in [2.24, 2.45) is 0 Å². The molecule has 0 aliphatic carbocycles. The van der Waals surface area contributed by atoms with Gasteiger partial charge in [0.2, 0.25) is 0 Å². The zero-order valence-corrected chi connectivity index (χ0v) is 16.0. The van der Waals surface area contributed by atoms with Gasteiger partial charge in [0.1, 0.15) is 5.60 Å². The van der Waals surface area contributed by atoms with E-state index in [1.54, 1.807) is 11.9 Å². The molecule has 0 saturated heterocycles. The Hall–Kier alpha value is -2.81.